The maximum absolute atomic E-state index is 12.8. The quantitative estimate of drug-likeness (QED) is 0.855. The zero-order valence-corrected chi connectivity index (χ0v) is 13.6. The van der Waals surface area contributed by atoms with Gasteiger partial charge < -0.3 is 14.8 Å². The van der Waals surface area contributed by atoms with E-state index in [1.165, 1.54) is 0 Å². The van der Waals surface area contributed by atoms with E-state index >= 15 is 0 Å². The molecule has 1 aromatic rings. The van der Waals surface area contributed by atoms with Gasteiger partial charge in [-0.1, -0.05) is 6.42 Å². The predicted octanol–water partition coefficient (Wildman–Crippen LogP) is 3.70. The van der Waals surface area contributed by atoms with Crippen LogP contribution < -0.4 is 14.8 Å². The van der Waals surface area contributed by atoms with Gasteiger partial charge in [-0.05, 0) is 50.5 Å². The van der Waals surface area contributed by atoms with Crippen molar-refractivity contribution >= 4 is 5.91 Å². The first kappa shape index (κ1) is 18.4. The summed E-state index contributed by atoms with van der Waals surface area (Å²) in [6.07, 6.45) is -3.07. The van der Waals surface area contributed by atoms with Gasteiger partial charge in [0.15, 0.2) is 6.61 Å². The largest absolute Gasteiger partial charge is 0.494 e. The fraction of sp³-hybridized carbons (Fsp3) is 0.588. The molecule has 7 heteroatoms. The van der Waals surface area contributed by atoms with Gasteiger partial charge in [-0.15, -0.1) is 0 Å². The highest BCUT2D eigenvalue weighted by Crippen LogP contribution is 2.37. The molecule has 1 aliphatic rings. The number of rotatable bonds is 6. The predicted molar refractivity (Wildman–Crippen MR) is 83.0 cm³/mol. The van der Waals surface area contributed by atoms with Crippen LogP contribution in [0, 0.1) is 5.92 Å². The number of nitrogens with one attached hydrogen (secondary N) is 1. The van der Waals surface area contributed by atoms with Crippen molar-refractivity contribution in [2.24, 2.45) is 5.92 Å². The molecular weight excluding hydrogens is 323 g/mol. The molecule has 0 bridgehead atoms. The summed E-state index contributed by atoms with van der Waals surface area (Å²) in [5.41, 5.74) is 0. The van der Waals surface area contributed by atoms with Crippen LogP contribution in [0.1, 0.15) is 32.6 Å². The monoisotopic (exact) mass is 345 g/mol. The number of carbonyl (C=O) groups is 1. The van der Waals surface area contributed by atoms with Crippen LogP contribution in [0.3, 0.4) is 0 Å². The molecule has 1 aliphatic carbocycles. The zero-order valence-electron chi connectivity index (χ0n) is 13.6. The Bertz CT molecular complexity index is 531. The normalized spacial score (nSPS) is 21.2. The van der Waals surface area contributed by atoms with Gasteiger partial charge in [0.1, 0.15) is 11.5 Å². The zero-order chi connectivity index (χ0) is 17.6. The van der Waals surface area contributed by atoms with Crippen LogP contribution in [0.4, 0.5) is 13.2 Å². The van der Waals surface area contributed by atoms with Crippen LogP contribution in [0.5, 0.6) is 11.5 Å². The van der Waals surface area contributed by atoms with Crippen molar-refractivity contribution in [1.82, 2.24) is 5.32 Å². The molecule has 0 aliphatic heterocycles. The molecule has 2 unspecified atom stereocenters. The van der Waals surface area contributed by atoms with Crippen molar-refractivity contribution in [3.8, 4) is 11.5 Å². The molecule has 4 nitrogen and oxygen atoms in total. The van der Waals surface area contributed by atoms with E-state index in [4.69, 9.17) is 9.47 Å². The molecular formula is C17H22F3NO3. The lowest BCUT2D eigenvalue weighted by Gasteiger charge is -2.31. The summed E-state index contributed by atoms with van der Waals surface area (Å²) in [7, 11) is 0. The molecule has 0 aromatic heterocycles. The lowest BCUT2D eigenvalue weighted by molar-refractivity contribution is -0.184. The van der Waals surface area contributed by atoms with Gasteiger partial charge >= 0.3 is 6.18 Å². The minimum absolute atomic E-state index is 0.0572. The second-order valence-electron chi connectivity index (χ2n) is 5.86. The summed E-state index contributed by atoms with van der Waals surface area (Å²) in [6, 6.07) is 6.37. The molecule has 0 saturated heterocycles. The number of alkyl halides is 3. The van der Waals surface area contributed by atoms with Gasteiger partial charge in [0.2, 0.25) is 0 Å². The first-order valence-electron chi connectivity index (χ1n) is 8.10. The van der Waals surface area contributed by atoms with Crippen LogP contribution in [0.25, 0.3) is 0 Å². The minimum Gasteiger partial charge on any atom is -0.494 e. The number of benzene rings is 1. The molecule has 0 radical (unpaired) electrons. The number of amides is 1. The van der Waals surface area contributed by atoms with Crippen LogP contribution in [0.2, 0.25) is 0 Å². The number of carbonyl (C=O) groups excluding carboxylic acids is 1. The van der Waals surface area contributed by atoms with Gasteiger partial charge in [0, 0.05) is 6.04 Å². The SMILES string of the molecule is CCOc1ccc(OCC(=O)NC2CCCC(C(F)(F)F)C2)cc1. The van der Waals surface area contributed by atoms with E-state index < -0.39 is 24.0 Å². The van der Waals surface area contributed by atoms with E-state index in [2.05, 4.69) is 5.32 Å². The molecule has 1 fully saturated rings. The number of ether oxygens (including phenoxy) is 2. The Morgan fingerprint density at radius 2 is 1.79 bits per heavy atom. The van der Waals surface area contributed by atoms with E-state index in [9.17, 15) is 18.0 Å². The Hall–Kier alpha value is -1.92. The summed E-state index contributed by atoms with van der Waals surface area (Å²) in [5, 5.41) is 2.63. The maximum atomic E-state index is 12.8. The molecule has 0 spiro atoms. The molecule has 1 N–H and O–H groups in total. The fourth-order valence-electron chi connectivity index (χ4n) is 2.84. The van der Waals surface area contributed by atoms with E-state index in [1.807, 2.05) is 6.92 Å². The number of hydrogen-bond donors (Lipinski definition) is 1. The molecule has 1 amide bonds. The first-order chi connectivity index (χ1) is 11.4. The smallest absolute Gasteiger partial charge is 0.391 e. The number of hydrogen-bond acceptors (Lipinski definition) is 3. The van der Waals surface area contributed by atoms with E-state index in [-0.39, 0.29) is 19.4 Å². The summed E-state index contributed by atoms with van der Waals surface area (Å²) in [4.78, 5) is 11.9. The highest BCUT2D eigenvalue weighted by molar-refractivity contribution is 5.77. The van der Waals surface area contributed by atoms with Crippen LogP contribution in [0.15, 0.2) is 24.3 Å². The van der Waals surface area contributed by atoms with Crippen molar-refractivity contribution in [3.05, 3.63) is 24.3 Å². The van der Waals surface area contributed by atoms with Crippen molar-refractivity contribution in [1.29, 1.82) is 0 Å². The summed E-state index contributed by atoms with van der Waals surface area (Å²) < 4.78 is 48.9. The van der Waals surface area contributed by atoms with Crippen molar-refractivity contribution in [2.45, 2.75) is 44.8 Å². The van der Waals surface area contributed by atoms with Crippen molar-refractivity contribution in [3.63, 3.8) is 0 Å². The molecule has 134 valence electrons. The van der Waals surface area contributed by atoms with Crippen LogP contribution in [-0.4, -0.2) is 31.3 Å². The Balaban J connectivity index is 1.76. The second-order valence-corrected chi connectivity index (χ2v) is 5.86. The molecule has 1 saturated carbocycles. The number of halogens is 3. The van der Waals surface area contributed by atoms with E-state index in [0.29, 0.717) is 30.9 Å². The highest BCUT2D eigenvalue weighted by Gasteiger charge is 2.42. The summed E-state index contributed by atoms with van der Waals surface area (Å²) in [6.45, 7) is 2.22. The Kier molecular flexibility index (Phi) is 6.34. The fourth-order valence-corrected chi connectivity index (χ4v) is 2.84. The topological polar surface area (TPSA) is 47.6 Å². The average Bonchev–Trinajstić information content (AvgIpc) is 2.54. The first-order valence-corrected chi connectivity index (χ1v) is 8.10. The Morgan fingerprint density at radius 3 is 2.38 bits per heavy atom. The molecule has 2 rings (SSSR count). The Morgan fingerprint density at radius 1 is 1.17 bits per heavy atom. The Labute approximate surface area is 139 Å². The third-order valence-electron chi connectivity index (χ3n) is 4.01. The lowest BCUT2D eigenvalue weighted by atomic mass is 9.85. The molecule has 24 heavy (non-hydrogen) atoms. The van der Waals surface area contributed by atoms with E-state index in [1.54, 1.807) is 24.3 Å². The third-order valence-corrected chi connectivity index (χ3v) is 4.01. The van der Waals surface area contributed by atoms with Crippen molar-refractivity contribution < 1.29 is 27.4 Å². The molecule has 0 heterocycles. The van der Waals surface area contributed by atoms with Crippen LogP contribution >= 0.6 is 0 Å². The van der Waals surface area contributed by atoms with Crippen LogP contribution in [-0.2, 0) is 4.79 Å². The lowest BCUT2D eigenvalue weighted by Crippen LogP contribution is -2.43. The standard InChI is InChI=1S/C17H22F3NO3/c1-2-23-14-6-8-15(9-7-14)24-11-16(22)21-13-5-3-4-12(10-13)17(18,19)20/h6-9,12-13H,2-5,10-11H2,1H3,(H,21,22). The van der Waals surface area contributed by atoms with Gasteiger partial charge in [0.05, 0.1) is 12.5 Å². The third kappa shape index (κ3) is 5.62. The second kappa shape index (κ2) is 8.26. The van der Waals surface area contributed by atoms with Crippen molar-refractivity contribution in [2.75, 3.05) is 13.2 Å². The van der Waals surface area contributed by atoms with Gasteiger partial charge in [0.25, 0.3) is 5.91 Å². The summed E-state index contributed by atoms with van der Waals surface area (Å²) >= 11 is 0. The average molecular weight is 345 g/mol. The molecule has 2 atom stereocenters. The summed E-state index contributed by atoms with van der Waals surface area (Å²) in [5.74, 6) is -0.527. The van der Waals surface area contributed by atoms with Gasteiger partial charge in [-0.3, -0.25) is 4.79 Å². The van der Waals surface area contributed by atoms with Gasteiger partial charge in [-0.2, -0.15) is 13.2 Å². The van der Waals surface area contributed by atoms with Gasteiger partial charge in [-0.25, -0.2) is 0 Å². The maximum Gasteiger partial charge on any atom is 0.391 e. The highest BCUT2D eigenvalue weighted by atomic mass is 19.4. The minimum atomic E-state index is -4.19. The van der Waals surface area contributed by atoms with E-state index in [0.717, 1.165) is 0 Å². The molecule has 1 aromatic carbocycles.